The second-order valence-corrected chi connectivity index (χ2v) is 7.92. The fraction of sp³-hybridized carbons (Fsp3) is 0.107. The Labute approximate surface area is 197 Å². The second kappa shape index (κ2) is 10.0. The molecule has 0 aliphatic carbocycles. The van der Waals surface area contributed by atoms with Crippen LogP contribution in [0.5, 0.6) is 11.5 Å². The molecule has 0 atom stereocenters. The van der Waals surface area contributed by atoms with E-state index in [1.54, 1.807) is 54.9 Å². The molecule has 0 unspecified atom stereocenters. The van der Waals surface area contributed by atoms with Crippen molar-refractivity contribution in [1.29, 1.82) is 0 Å². The van der Waals surface area contributed by atoms with Crippen molar-refractivity contribution < 1.29 is 24.5 Å². The highest BCUT2D eigenvalue weighted by Gasteiger charge is 2.18. The van der Waals surface area contributed by atoms with E-state index < -0.39 is 5.97 Å². The Balaban J connectivity index is 1.57. The van der Waals surface area contributed by atoms with E-state index in [4.69, 9.17) is 4.74 Å². The van der Waals surface area contributed by atoms with Gasteiger partial charge in [0.1, 0.15) is 18.1 Å². The number of hydrogen-bond donors (Lipinski definition) is 2. The third kappa shape index (κ3) is 5.13. The summed E-state index contributed by atoms with van der Waals surface area (Å²) in [6.45, 7) is 1.66. The van der Waals surface area contributed by atoms with Gasteiger partial charge >= 0.3 is 5.97 Å². The maximum atomic E-state index is 11.9. The number of phenols is 1. The van der Waals surface area contributed by atoms with Gasteiger partial charge in [-0.2, -0.15) is 0 Å². The van der Waals surface area contributed by atoms with E-state index in [2.05, 4.69) is 4.98 Å². The average molecular weight is 453 g/mol. The van der Waals surface area contributed by atoms with Crippen LogP contribution in [-0.4, -0.2) is 26.9 Å². The Morgan fingerprint density at radius 2 is 1.56 bits per heavy atom. The molecular formula is C28H23NO5. The lowest BCUT2D eigenvalue weighted by molar-refractivity contribution is 0.0696. The Morgan fingerprint density at radius 3 is 2.26 bits per heavy atom. The molecule has 0 radical (unpaired) electrons. The van der Waals surface area contributed by atoms with Crippen molar-refractivity contribution in [3.05, 3.63) is 113 Å². The summed E-state index contributed by atoms with van der Waals surface area (Å²) < 4.78 is 6.08. The van der Waals surface area contributed by atoms with Crippen molar-refractivity contribution in [3.8, 4) is 22.6 Å². The Bertz CT molecular complexity index is 1350. The monoisotopic (exact) mass is 453 g/mol. The quantitative estimate of drug-likeness (QED) is 0.341. The number of phenolic OH excluding ortho intramolecular Hbond substituents is 1. The number of nitrogens with zero attached hydrogens (tertiary/aromatic N) is 1. The molecule has 0 aliphatic heterocycles. The number of pyridine rings is 1. The fourth-order valence-corrected chi connectivity index (χ4v) is 3.82. The molecule has 0 amide bonds. The zero-order valence-corrected chi connectivity index (χ0v) is 18.6. The summed E-state index contributed by atoms with van der Waals surface area (Å²) in [5, 5.41) is 20.0. The third-order valence-electron chi connectivity index (χ3n) is 5.46. The largest absolute Gasteiger partial charge is 0.506 e. The molecule has 6 nitrogen and oxygen atoms in total. The first-order valence-electron chi connectivity index (χ1n) is 10.7. The van der Waals surface area contributed by atoms with Gasteiger partial charge < -0.3 is 14.9 Å². The average Bonchev–Trinajstić information content (AvgIpc) is 2.83. The van der Waals surface area contributed by atoms with Crippen LogP contribution in [0.3, 0.4) is 0 Å². The minimum absolute atomic E-state index is 0.122. The number of ether oxygens (including phenoxy) is 1. The van der Waals surface area contributed by atoms with Crippen molar-refractivity contribution in [2.24, 2.45) is 0 Å². The molecule has 6 heteroatoms. The molecule has 3 aromatic carbocycles. The van der Waals surface area contributed by atoms with Crippen molar-refractivity contribution in [1.82, 2.24) is 4.98 Å². The molecule has 0 saturated carbocycles. The van der Waals surface area contributed by atoms with E-state index in [0.717, 1.165) is 16.7 Å². The van der Waals surface area contributed by atoms with Crippen molar-refractivity contribution >= 4 is 11.8 Å². The highest BCUT2D eigenvalue weighted by Crippen LogP contribution is 2.40. The van der Waals surface area contributed by atoms with Crippen LogP contribution in [0.15, 0.2) is 85.2 Å². The maximum Gasteiger partial charge on any atom is 0.335 e. The molecule has 34 heavy (non-hydrogen) atoms. The van der Waals surface area contributed by atoms with Crippen molar-refractivity contribution in [2.45, 2.75) is 20.0 Å². The number of aromatic carboxylic acids is 1. The van der Waals surface area contributed by atoms with Crippen molar-refractivity contribution in [2.75, 3.05) is 0 Å². The molecule has 0 fully saturated rings. The van der Waals surface area contributed by atoms with Crippen LogP contribution in [0.2, 0.25) is 0 Å². The van der Waals surface area contributed by atoms with Gasteiger partial charge in [-0.25, -0.2) is 4.79 Å². The van der Waals surface area contributed by atoms with Crippen molar-refractivity contribution in [3.63, 3.8) is 0 Å². The van der Waals surface area contributed by atoms with E-state index >= 15 is 0 Å². The number of rotatable bonds is 8. The standard InChI is InChI=1S/C28H23NO5/c1-18(30)24-8-9-25(26(27(24)31)22-10-12-29-13-11-22)34-17-21-6-2-4-19(15-21)14-20-5-3-7-23(16-20)28(32)33/h2-13,15-16,31H,14,17H2,1H3,(H,32,33). The Hall–Kier alpha value is -4.45. The third-order valence-corrected chi connectivity index (χ3v) is 5.46. The minimum atomic E-state index is -0.951. The zero-order chi connectivity index (χ0) is 24.1. The van der Waals surface area contributed by atoms with Crippen LogP contribution >= 0.6 is 0 Å². The van der Waals surface area contributed by atoms with Gasteiger partial charge in [0.2, 0.25) is 0 Å². The molecule has 0 bridgehead atoms. The number of carbonyl (C=O) groups is 2. The van der Waals surface area contributed by atoms with Crippen LogP contribution in [0.4, 0.5) is 0 Å². The number of carboxylic acids is 1. The van der Waals surface area contributed by atoms with Gasteiger partial charge in [0, 0.05) is 12.4 Å². The molecule has 4 rings (SSSR count). The molecule has 0 aliphatic rings. The van der Waals surface area contributed by atoms with Gasteiger partial charge in [-0.3, -0.25) is 9.78 Å². The summed E-state index contributed by atoms with van der Waals surface area (Å²) in [6.07, 6.45) is 3.81. The van der Waals surface area contributed by atoms with Crippen LogP contribution in [-0.2, 0) is 13.0 Å². The number of Topliss-reactive ketones (excluding diaryl/α,β-unsaturated/α-hetero) is 1. The zero-order valence-electron chi connectivity index (χ0n) is 18.6. The normalized spacial score (nSPS) is 10.6. The molecule has 0 spiro atoms. The summed E-state index contributed by atoms with van der Waals surface area (Å²) >= 11 is 0. The number of carbonyl (C=O) groups excluding carboxylic acids is 1. The number of ketones is 1. The van der Waals surface area contributed by atoms with Gasteiger partial charge in [0.15, 0.2) is 5.78 Å². The summed E-state index contributed by atoms with van der Waals surface area (Å²) in [7, 11) is 0. The fourth-order valence-electron chi connectivity index (χ4n) is 3.82. The topological polar surface area (TPSA) is 96.7 Å². The van der Waals surface area contributed by atoms with E-state index in [1.807, 2.05) is 30.3 Å². The molecule has 1 aromatic heterocycles. The van der Waals surface area contributed by atoms with E-state index in [0.29, 0.717) is 23.3 Å². The molecule has 0 saturated heterocycles. The Morgan fingerprint density at radius 1 is 0.882 bits per heavy atom. The molecular weight excluding hydrogens is 430 g/mol. The van der Waals surface area contributed by atoms with Gasteiger partial charge in [0.25, 0.3) is 0 Å². The maximum absolute atomic E-state index is 11.9. The highest BCUT2D eigenvalue weighted by molar-refractivity contribution is 6.00. The number of carboxylic acid groups (broad SMARTS) is 1. The first-order chi connectivity index (χ1) is 16.4. The lowest BCUT2D eigenvalue weighted by atomic mass is 9.99. The Kier molecular flexibility index (Phi) is 6.69. The number of aromatic nitrogens is 1. The second-order valence-electron chi connectivity index (χ2n) is 7.92. The van der Waals surface area contributed by atoms with E-state index in [-0.39, 0.29) is 29.3 Å². The number of hydrogen-bond acceptors (Lipinski definition) is 5. The van der Waals surface area contributed by atoms with Gasteiger partial charge in [0.05, 0.1) is 16.7 Å². The van der Waals surface area contributed by atoms with Crippen LogP contribution in [0.25, 0.3) is 11.1 Å². The predicted molar refractivity (Wildman–Crippen MR) is 128 cm³/mol. The number of benzene rings is 3. The van der Waals surface area contributed by atoms with Gasteiger partial charge in [-0.15, -0.1) is 0 Å². The molecule has 1 heterocycles. The minimum Gasteiger partial charge on any atom is -0.506 e. The smallest absolute Gasteiger partial charge is 0.335 e. The van der Waals surface area contributed by atoms with Crippen LogP contribution < -0.4 is 4.74 Å². The lowest BCUT2D eigenvalue weighted by Gasteiger charge is -2.15. The lowest BCUT2D eigenvalue weighted by Crippen LogP contribution is -2.01. The van der Waals surface area contributed by atoms with Gasteiger partial charge in [-0.1, -0.05) is 36.4 Å². The molecule has 2 N–H and O–H groups in total. The van der Waals surface area contributed by atoms with E-state index in [1.165, 1.54) is 6.92 Å². The summed E-state index contributed by atoms with van der Waals surface area (Å²) in [5.41, 5.74) is 4.46. The highest BCUT2D eigenvalue weighted by atomic mass is 16.5. The van der Waals surface area contributed by atoms with Crippen LogP contribution in [0.1, 0.15) is 44.3 Å². The van der Waals surface area contributed by atoms with Crippen LogP contribution in [0, 0.1) is 0 Å². The SMILES string of the molecule is CC(=O)c1ccc(OCc2cccc(Cc3cccc(C(=O)O)c3)c2)c(-c2ccncc2)c1O. The molecule has 170 valence electrons. The summed E-state index contributed by atoms with van der Waals surface area (Å²) in [5.74, 6) is -0.858. The van der Waals surface area contributed by atoms with Gasteiger partial charge in [-0.05, 0) is 72.0 Å². The summed E-state index contributed by atoms with van der Waals surface area (Å²) in [4.78, 5) is 27.2. The molecule has 4 aromatic rings. The number of aromatic hydroxyl groups is 1. The van der Waals surface area contributed by atoms with E-state index in [9.17, 15) is 19.8 Å². The first kappa shape index (κ1) is 22.7. The summed E-state index contributed by atoms with van der Waals surface area (Å²) in [6, 6.07) is 21.5. The first-order valence-corrected chi connectivity index (χ1v) is 10.7. The predicted octanol–water partition coefficient (Wildman–Crippen LogP) is 5.52.